The van der Waals surface area contributed by atoms with Gasteiger partial charge >= 0.3 is 0 Å². The zero-order valence-electron chi connectivity index (χ0n) is 11.3. The third-order valence-corrected chi connectivity index (χ3v) is 4.03. The second-order valence-electron chi connectivity index (χ2n) is 5.17. The highest BCUT2D eigenvalue weighted by Crippen LogP contribution is 2.26. The van der Waals surface area contributed by atoms with E-state index in [1.807, 2.05) is 0 Å². The molecule has 0 radical (unpaired) electrons. The number of halogens is 1. The Morgan fingerprint density at radius 1 is 1.28 bits per heavy atom. The van der Waals surface area contributed by atoms with E-state index in [-0.39, 0.29) is 0 Å². The molecule has 1 atom stereocenters. The van der Waals surface area contributed by atoms with Gasteiger partial charge in [0.25, 0.3) is 0 Å². The molecule has 2 rings (SSSR count). The number of nitrogens with zero attached hydrogens (tertiary/aromatic N) is 3. The van der Waals surface area contributed by atoms with Gasteiger partial charge in [0.15, 0.2) is 0 Å². The summed E-state index contributed by atoms with van der Waals surface area (Å²) < 4.78 is 0. The summed E-state index contributed by atoms with van der Waals surface area (Å²) in [6.45, 7) is 3.23. The predicted molar refractivity (Wildman–Crippen MR) is 79.6 cm³/mol. The van der Waals surface area contributed by atoms with Crippen LogP contribution in [0.1, 0.15) is 43.9 Å². The minimum absolute atomic E-state index is 0.556. The van der Waals surface area contributed by atoms with Crippen LogP contribution >= 0.6 is 15.9 Å². The fraction of sp³-hybridized carbons (Fsp3) is 0.714. The molecular formula is C14H22BrN3. The molecule has 4 heteroatoms. The van der Waals surface area contributed by atoms with Gasteiger partial charge in [-0.3, -0.25) is 0 Å². The van der Waals surface area contributed by atoms with E-state index in [0.717, 1.165) is 31.6 Å². The molecule has 0 N–H and O–H groups in total. The molecule has 18 heavy (non-hydrogen) atoms. The molecule has 1 aliphatic rings. The zero-order chi connectivity index (χ0) is 13.0. The first-order valence-electron chi connectivity index (χ1n) is 6.86. The van der Waals surface area contributed by atoms with E-state index in [9.17, 15) is 0 Å². The quantitative estimate of drug-likeness (QED) is 0.630. The molecular weight excluding hydrogens is 290 g/mol. The fourth-order valence-corrected chi connectivity index (χ4v) is 2.69. The molecule has 1 heterocycles. The van der Waals surface area contributed by atoms with E-state index in [1.165, 1.54) is 30.5 Å². The second kappa shape index (κ2) is 6.50. The summed E-state index contributed by atoms with van der Waals surface area (Å²) in [4.78, 5) is 11.8. The van der Waals surface area contributed by atoms with Crippen molar-refractivity contribution in [3.8, 4) is 0 Å². The second-order valence-corrected chi connectivity index (χ2v) is 6.74. The molecule has 1 aliphatic carbocycles. The van der Waals surface area contributed by atoms with Gasteiger partial charge in [0, 0.05) is 29.7 Å². The molecule has 0 saturated heterocycles. The van der Waals surface area contributed by atoms with E-state index in [1.54, 1.807) is 6.33 Å². The van der Waals surface area contributed by atoms with Gasteiger partial charge in [-0.1, -0.05) is 29.3 Å². The van der Waals surface area contributed by atoms with Crippen LogP contribution < -0.4 is 4.90 Å². The van der Waals surface area contributed by atoms with Crippen molar-refractivity contribution in [1.82, 2.24) is 9.97 Å². The normalized spacial score (nSPS) is 16.8. The molecule has 3 nitrogen and oxygen atoms in total. The van der Waals surface area contributed by atoms with Crippen molar-refractivity contribution < 1.29 is 0 Å². The molecule has 0 aromatic carbocycles. The summed E-state index contributed by atoms with van der Waals surface area (Å²) in [5, 5.41) is 0. The van der Waals surface area contributed by atoms with Gasteiger partial charge in [0.2, 0.25) is 0 Å². The molecule has 0 bridgehead atoms. The smallest absolute Gasteiger partial charge is 0.135 e. The SMILES string of the molecule is CC(Br)CCN(C)c1ncnc2c1CCCCC2. The molecule has 1 aromatic heterocycles. The highest BCUT2D eigenvalue weighted by atomic mass is 79.9. The minimum atomic E-state index is 0.556. The van der Waals surface area contributed by atoms with Crippen LogP contribution in [0.4, 0.5) is 5.82 Å². The summed E-state index contributed by atoms with van der Waals surface area (Å²) in [6.07, 6.45) is 8.98. The minimum Gasteiger partial charge on any atom is -0.359 e. The van der Waals surface area contributed by atoms with Crippen molar-refractivity contribution in [3.63, 3.8) is 0 Å². The van der Waals surface area contributed by atoms with Crippen LogP contribution in [0.15, 0.2) is 6.33 Å². The molecule has 0 fully saturated rings. The van der Waals surface area contributed by atoms with Crippen molar-refractivity contribution in [1.29, 1.82) is 0 Å². The molecule has 1 unspecified atom stereocenters. The first kappa shape index (κ1) is 13.8. The standard InChI is InChI=1S/C14H22BrN3/c1-11(15)8-9-18(2)14-12-6-4-3-5-7-13(12)16-10-17-14/h10-11H,3-9H2,1-2H3. The Morgan fingerprint density at radius 3 is 2.83 bits per heavy atom. The molecule has 100 valence electrons. The molecule has 0 saturated carbocycles. The van der Waals surface area contributed by atoms with Crippen molar-refractivity contribution in [2.24, 2.45) is 0 Å². The maximum absolute atomic E-state index is 4.51. The zero-order valence-corrected chi connectivity index (χ0v) is 12.9. The van der Waals surface area contributed by atoms with Crippen LogP contribution in [-0.2, 0) is 12.8 Å². The monoisotopic (exact) mass is 311 g/mol. The molecule has 0 spiro atoms. The number of aryl methyl sites for hydroxylation is 1. The van der Waals surface area contributed by atoms with E-state index >= 15 is 0 Å². The summed E-state index contributed by atoms with van der Waals surface area (Å²) >= 11 is 3.60. The molecule has 1 aromatic rings. The van der Waals surface area contributed by atoms with Crippen molar-refractivity contribution >= 4 is 21.7 Å². The van der Waals surface area contributed by atoms with E-state index in [0.29, 0.717) is 4.83 Å². The number of anilines is 1. The lowest BCUT2D eigenvalue weighted by Crippen LogP contribution is -2.23. The molecule has 0 amide bonds. The first-order valence-corrected chi connectivity index (χ1v) is 7.78. The fourth-order valence-electron chi connectivity index (χ4n) is 2.49. The summed E-state index contributed by atoms with van der Waals surface area (Å²) in [7, 11) is 2.14. The van der Waals surface area contributed by atoms with E-state index in [2.05, 4.69) is 44.8 Å². The van der Waals surface area contributed by atoms with Gasteiger partial charge in [-0.15, -0.1) is 0 Å². The average molecular weight is 312 g/mol. The van der Waals surface area contributed by atoms with Gasteiger partial charge in [0.1, 0.15) is 12.1 Å². The molecule has 0 aliphatic heterocycles. The Kier molecular flexibility index (Phi) is 4.98. The van der Waals surface area contributed by atoms with E-state index in [4.69, 9.17) is 0 Å². The number of fused-ring (bicyclic) bond motifs is 1. The van der Waals surface area contributed by atoms with Crippen molar-refractivity contribution in [3.05, 3.63) is 17.6 Å². The number of aromatic nitrogens is 2. The number of hydrogen-bond acceptors (Lipinski definition) is 3. The Balaban J connectivity index is 2.16. The Labute approximate surface area is 118 Å². The van der Waals surface area contributed by atoms with Crippen LogP contribution in [0, 0.1) is 0 Å². The highest BCUT2D eigenvalue weighted by molar-refractivity contribution is 9.09. The van der Waals surface area contributed by atoms with Crippen LogP contribution in [0.3, 0.4) is 0 Å². The van der Waals surface area contributed by atoms with Crippen LogP contribution in [0.25, 0.3) is 0 Å². The van der Waals surface area contributed by atoms with Gasteiger partial charge < -0.3 is 4.90 Å². The Bertz CT molecular complexity index is 393. The van der Waals surface area contributed by atoms with Gasteiger partial charge in [0.05, 0.1) is 0 Å². The lowest BCUT2D eigenvalue weighted by atomic mass is 10.1. The van der Waals surface area contributed by atoms with Gasteiger partial charge in [-0.2, -0.15) is 0 Å². The number of hydrogen-bond donors (Lipinski definition) is 0. The third-order valence-electron chi connectivity index (χ3n) is 3.58. The van der Waals surface area contributed by atoms with Crippen LogP contribution in [0.2, 0.25) is 0 Å². The first-order chi connectivity index (χ1) is 8.68. The lowest BCUT2D eigenvalue weighted by Gasteiger charge is -2.22. The van der Waals surface area contributed by atoms with Crippen molar-refractivity contribution in [2.45, 2.75) is 50.3 Å². The number of alkyl halides is 1. The number of rotatable bonds is 4. The third kappa shape index (κ3) is 3.44. The maximum Gasteiger partial charge on any atom is 0.135 e. The summed E-state index contributed by atoms with van der Waals surface area (Å²) in [5.41, 5.74) is 2.66. The highest BCUT2D eigenvalue weighted by Gasteiger charge is 2.16. The summed E-state index contributed by atoms with van der Waals surface area (Å²) in [6, 6.07) is 0. The topological polar surface area (TPSA) is 29.0 Å². The Hall–Kier alpha value is -0.640. The van der Waals surface area contributed by atoms with Crippen molar-refractivity contribution in [2.75, 3.05) is 18.5 Å². The van der Waals surface area contributed by atoms with Gasteiger partial charge in [-0.05, 0) is 32.1 Å². The maximum atomic E-state index is 4.51. The lowest BCUT2D eigenvalue weighted by molar-refractivity contribution is 0.708. The van der Waals surface area contributed by atoms with Crippen LogP contribution in [0.5, 0.6) is 0 Å². The predicted octanol–water partition coefficient (Wildman–Crippen LogP) is 3.36. The van der Waals surface area contributed by atoms with Crippen LogP contribution in [-0.4, -0.2) is 28.4 Å². The van der Waals surface area contributed by atoms with E-state index < -0.39 is 0 Å². The van der Waals surface area contributed by atoms with Gasteiger partial charge in [-0.25, -0.2) is 9.97 Å². The average Bonchev–Trinajstić information content (AvgIpc) is 2.60. The largest absolute Gasteiger partial charge is 0.359 e. The Morgan fingerprint density at radius 2 is 2.06 bits per heavy atom. The summed E-state index contributed by atoms with van der Waals surface area (Å²) in [5.74, 6) is 1.15.